The highest BCUT2D eigenvalue weighted by Gasteiger charge is 2.69. The fraction of sp³-hybridized carbons (Fsp3) is 0.875. The summed E-state index contributed by atoms with van der Waals surface area (Å²) in [6.45, 7) is 16.2. The Morgan fingerprint density at radius 3 is 1.56 bits per heavy atom. The van der Waals surface area contributed by atoms with Crippen LogP contribution in [-0.2, 0) is 42.7 Å². The molecule has 0 aliphatic heterocycles. The average molecular weight is 614 g/mol. The zero-order chi connectivity index (χ0) is 31.4. The Kier molecular flexibility index (Phi) is 17.5. The molecule has 11 nitrogen and oxygen atoms in total. The number of amides is 1. The van der Waals surface area contributed by atoms with Gasteiger partial charge in [-0.2, -0.15) is 0 Å². The van der Waals surface area contributed by atoms with Crippen LogP contribution in [0, 0.1) is 28.6 Å². The quantitative estimate of drug-likeness (QED) is 0.104. The highest BCUT2D eigenvalue weighted by molar-refractivity contribution is 5.69. The fourth-order valence-electron chi connectivity index (χ4n) is 5.37. The Morgan fingerprint density at radius 2 is 1.12 bits per heavy atom. The van der Waals surface area contributed by atoms with Crippen LogP contribution < -0.4 is 5.32 Å². The smallest absolute Gasteiger partial charge is 0.407 e. The third-order valence-electron chi connectivity index (χ3n) is 8.05. The van der Waals surface area contributed by atoms with Crippen LogP contribution in [0.4, 0.5) is 4.79 Å². The second-order valence-electron chi connectivity index (χ2n) is 12.3. The van der Waals surface area contributed by atoms with Gasteiger partial charge in [-0.05, 0) is 44.4 Å². The van der Waals surface area contributed by atoms with Gasteiger partial charge in [0.1, 0.15) is 5.60 Å². The summed E-state index contributed by atoms with van der Waals surface area (Å²) >= 11 is 0. The monoisotopic (exact) mass is 613 g/mol. The number of esters is 1. The van der Waals surface area contributed by atoms with Gasteiger partial charge < -0.3 is 43.2 Å². The maximum Gasteiger partial charge on any atom is 0.407 e. The summed E-state index contributed by atoms with van der Waals surface area (Å²) in [6.07, 6.45) is 3.82. The number of hydrogen-bond acceptors (Lipinski definition) is 10. The molecule has 1 unspecified atom stereocenters. The summed E-state index contributed by atoms with van der Waals surface area (Å²) < 4.78 is 43.4. The maximum atomic E-state index is 12.1. The van der Waals surface area contributed by atoms with Crippen LogP contribution in [0.3, 0.4) is 0 Å². The fourth-order valence-corrected chi connectivity index (χ4v) is 5.37. The van der Waals surface area contributed by atoms with Gasteiger partial charge in [-0.25, -0.2) is 4.79 Å². The summed E-state index contributed by atoms with van der Waals surface area (Å²) in [5, 5.41) is 2.75. The summed E-state index contributed by atoms with van der Waals surface area (Å²) in [5.74, 6) is 6.60. The molecule has 2 aliphatic carbocycles. The Hall–Kier alpha value is -1.94. The summed E-state index contributed by atoms with van der Waals surface area (Å²) in [4.78, 5) is 23.6. The first-order valence-corrected chi connectivity index (χ1v) is 15.6. The predicted molar refractivity (Wildman–Crippen MR) is 161 cm³/mol. The van der Waals surface area contributed by atoms with Crippen LogP contribution >= 0.6 is 0 Å². The molecule has 3 atom stereocenters. The van der Waals surface area contributed by atoms with Crippen molar-refractivity contribution in [3.8, 4) is 11.8 Å². The number of carbonyl (C=O) groups is 2. The van der Waals surface area contributed by atoms with Gasteiger partial charge in [0.2, 0.25) is 0 Å². The molecule has 0 aromatic heterocycles. The zero-order valence-corrected chi connectivity index (χ0v) is 27.1. The van der Waals surface area contributed by atoms with Crippen LogP contribution in [0.5, 0.6) is 0 Å². The molecule has 1 saturated carbocycles. The molecule has 11 heteroatoms. The van der Waals surface area contributed by atoms with E-state index in [4.69, 9.17) is 37.9 Å². The number of alkyl carbamates (subject to hydrolysis) is 1. The minimum absolute atomic E-state index is 0.213. The first kappa shape index (κ1) is 37.2. The molecule has 1 amide bonds. The van der Waals surface area contributed by atoms with E-state index in [1.54, 1.807) is 0 Å². The van der Waals surface area contributed by atoms with Gasteiger partial charge in [0.25, 0.3) is 0 Å². The van der Waals surface area contributed by atoms with E-state index in [9.17, 15) is 9.59 Å². The zero-order valence-electron chi connectivity index (χ0n) is 27.1. The molecule has 0 radical (unpaired) electrons. The summed E-state index contributed by atoms with van der Waals surface area (Å²) in [7, 11) is 0. The van der Waals surface area contributed by atoms with E-state index < -0.39 is 11.7 Å². The predicted octanol–water partition coefficient (Wildman–Crippen LogP) is 3.76. The van der Waals surface area contributed by atoms with E-state index in [-0.39, 0.29) is 23.2 Å². The van der Waals surface area contributed by atoms with Gasteiger partial charge in [0.05, 0.1) is 92.3 Å². The van der Waals surface area contributed by atoms with Gasteiger partial charge in [-0.1, -0.05) is 13.8 Å². The largest absolute Gasteiger partial charge is 0.460 e. The van der Waals surface area contributed by atoms with Crippen molar-refractivity contribution in [2.75, 3.05) is 92.4 Å². The lowest BCUT2D eigenvalue weighted by Gasteiger charge is -2.19. The number of nitrogens with one attached hydrogen (secondary N) is 1. The number of hydrogen-bond donors (Lipinski definition) is 1. The van der Waals surface area contributed by atoms with Crippen LogP contribution in [0.15, 0.2) is 0 Å². The molecule has 1 fully saturated rings. The summed E-state index contributed by atoms with van der Waals surface area (Å²) in [5.41, 5.74) is -0.0488. The van der Waals surface area contributed by atoms with E-state index >= 15 is 0 Å². The lowest BCUT2D eigenvalue weighted by atomic mass is 9.87. The molecule has 0 aromatic carbocycles. The van der Waals surface area contributed by atoms with Crippen molar-refractivity contribution in [1.29, 1.82) is 0 Å². The van der Waals surface area contributed by atoms with Crippen LogP contribution in [-0.4, -0.2) is 110 Å². The van der Waals surface area contributed by atoms with Crippen molar-refractivity contribution in [1.82, 2.24) is 5.32 Å². The van der Waals surface area contributed by atoms with E-state index in [1.165, 1.54) is 0 Å². The van der Waals surface area contributed by atoms with Crippen molar-refractivity contribution in [2.45, 2.75) is 72.3 Å². The molecule has 0 heterocycles. The molecule has 43 heavy (non-hydrogen) atoms. The molecular weight excluding hydrogens is 558 g/mol. The van der Waals surface area contributed by atoms with Crippen LogP contribution in [0.1, 0.15) is 66.7 Å². The van der Waals surface area contributed by atoms with Crippen molar-refractivity contribution in [2.24, 2.45) is 16.7 Å². The van der Waals surface area contributed by atoms with Crippen molar-refractivity contribution >= 4 is 12.1 Å². The van der Waals surface area contributed by atoms with Gasteiger partial charge in [-0.15, -0.1) is 11.8 Å². The Bertz CT molecular complexity index is 842. The number of ether oxygens (including phenoxy) is 8. The minimum Gasteiger partial charge on any atom is -0.460 e. The van der Waals surface area contributed by atoms with E-state index in [1.807, 2.05) is 20.8 Å². The topological polar surface area (TPSA) is 120 Å². The third kappa shape index (κ3) is 15.1. The normalized spacial score (nSPS) is 22.9. The van der Waals surface area contributed by atoms with Crippen LogP contribution in [0.25, 0.3) is 0 Å². The highest BCUT2D eigenvalue weighted by Crippen LogP contribution is 2.73. The molecule has 0 spiro atoms. The first-order chi connectivity index (χ1) is 20.6. The van der Waals surface area contributed by atoms with Crippen molar-refractivity contribution in [3.63, 3.8) is 0 Å². The second kappa shape index (κ2) is 20.2. The van der Waals surface area contributed by atoms with E-state index in [0.29, 0.717) is 98.4 Å². The molecule has 1 N–H and O–H groups in total. The van der Waals surface area contributed by atoms with E-state index in [2.05, 4.69) is 31.0 Å². The van der Waals surface area contributed by atoms with Gasteiger partial charge in [0, 0.05) is 25.3 Å². The molecule has 0 saturated heterocycles. The van der Waals surface area contributed by atoms with Crippen molar-refractivity contribution in [3.05, 3.63) is 0 Å². The number of carbonyl (C=O) groups excluding carboxylic acids is 2. The molecule has 0 aromatic rings. The number of rotatable bonds is 23. The van der Waals surface area contributed by atoms with Gasteiger partial charge in [0.15, 0.2) is 0 Å². The molecule has 2 rings (SSSR count). The lowest BCUT2D eigenvalue weighted by Crippen LogP contribution is -2.29. The van der Waals surface area contributed by atoms with E-state index in [0.717, 1.165) is 25.7 Å². The molecule has 0 bridgehead atoms. The average Bonchev–Trinajstić information content (AvgIpc) is 3.38. The Balaban J connectivity index is 1.26. The summed E-state index contributed by atoms with van der Waals surface area (Å²) in [6, 6.07) is 0. The standard InChI is InChI=1S/C32H55NO10/c1-30(2,3)43-28(34)10-14-36-16-18-38-20-22-40-24-25-41-23-21-39-19-17-37-15-13-33-29(35)42-26-27-31(4)11-8-6-7-9-12-32(27,31)5/h27H,8-26H2,1-5H3,(H,33,35)/t27?,31-,32+. The second-order valence-corrected chi connectivity index (χ2v) is 12.3. The Labute approximate surface area is 258 Å². The Morgan fingerprint density at radius 1 is 0.698 bits per heavy atom. The first-order valence-electron chi connectivity index (χ1n) is 15.6. The molecule has 248 valence electrons. The lowest BCUT2D eigenvalue weighted by molar-refractivity contribution is -0.156. The SMILES string of the molecule is CC(C)(C)OC(=O)CCOCCOCCOCCOCCOCCOCCNC(=O)OCC1[C@]2(C)CCC#CCC[C@]12C. The third-order valence-corrected chi connectivity index (χ3v) is 8.05. The van der Waals surface area contributed by atoms with Crippen molar-refractivity contribution < 1.29 is 47.5 Å². The number of fused-ring (bicyclic) bond motifs is 1. The molecular formula is C32H55NO10. The highest BCUT2D eigenvalue weighted by atomic mass is 16.6. The maximum absolute atomic E-state index is 12.1. The van der Waals surface area contributed by atoms with Gasteiger partial charge >= 0.3 is 12.1 Å². The van der Waals surface area contributed by atoms with Crippen LogP contribution in [0.2, 0.25) is 0 Å². The minimum atomic E-state index is -0.475. The van der Waals surface area contributed by atoms with Gasteiger partial charge in [-0.3, -0.25) is 4.79 Å². The molecule has 2 aliphatic rings.